The number of nitrogens with zero attached hydrogens (tertiary/aromatic N) is 2. The number of aromatic nitrogens is 2. The van der Waals surface area contributed by atoms with E-state index >= 15 is 0 Å². The van der Waals surface area contributed by atoms with E-state index in [-0.39, 0.29) is 6.61 Å². The fourth-order valence-electron chi connectivity index (χ4n) is 3.59. The minimum absolute atomic E-state index is 0.271. The average Bonchev–Trinajstić information content (AvgIpc) is 3.39. The Labute approximate surface area is 208 Å². The lowest BCUT2D eigenvalue weighted by Crippen LogP contribution is -2.26. The molecule has 1 aliphatic heterocycles. The molecule has 0 aliphatic carbocycles. The molecule has 180 valence electrons. The number of halogens is 1. The number of unbranched alkanes of at least 4 members (excludes halogenated alkanes) is 1. The molecule has 3 aromatic rings. The van der Waals surface area contributed by atoms with Gasteiger partial charge < -0.3 is 23.5 Å². The van der Waals surface area contributed by atoms with Crippen LogP contribution in [0, 0.1) is 0 Å². The van der Waals surface area contributed by atoms with Crippen molar-refractivity contribution in [3.05, 3.63) is 59.0 Å². The zero-order valence-corrected chi connectivity index (χ0v) is 20.9. The van der Waals surface area contributed by atoms with Crippen molar-refractivity contribution >= 4 is 29.3 Å². The van der Waals surface area contributed by atoms with Crippen LogP contribution in [0.2, 0.25) is 5.02 Å². The summed E-state index contributed by atoms with van der Waals surface area (Å²) in [5.74, 6) is 2.35. The normalized spacial score (nSPS) is 14.3. The highest BCUT2D eigenvalue weighted by Gasteiger charge is 2.30. The SMILES string of the molecule is CCCCc1nc(C(=O)OCC)c(Sc2ccc(OC)cc2)n1CC1Oc2ccc(Cl)cc2O1. The van der Waals surface area contributed by atoms with Crippen LogP contribution < -0.4 is 14.2 Å². The van der Waals surface area contributed by atoms with E-state index in [1.54, 1.807) is 32.2 Å². The number of imidazole rings is 1. The summed E-state index contributed by atoms with van der Waals surface area (Å²) in [6.07, 6.45) is 2.09. The van der Waals surface area contributed by atoms with E-state index in [1.165, 1.54) is 11.8 Å². The second-order valence-electron chi connectivity index (χ2n) is 7.65. The zero-order valence-electron chi connectivity index (χ0n) is 19.4. The number of aryl methyl sites for hydroxylation is 1. The van der Waals surface area contributed by atoms with E-state index in [4.69, 9.17) is 35.5 Å². The van der Waals surface area contributed by atoms with Gasteiger partial charge in [-0.25, -0.2) is 9.78 Å². The fraction of sp³-hybridized carbons (Fsp3) is 0.360. The van der Waals surface area contributed by atoms with Gasteiger partial charge >= 0.3 is 5.97 Å². The topological polar surface area (TPSA) is 71.8 Å². The van der Waals surface area contributed by atoms with Gasteiger partial charge in [0.2, 0.25) is 0 Å². The molecule has 34 heavy (non-hydrogen) atoms. The molecule has 1 unspecified atom stereocenters. The predicted octanol–water partition coefficient (Wildman–Crippen LogP) is 6.01. The van der Waals surface area contributed by atoms with Crippen LogP contribution in [-0.4, -0.2) is 35.5 Å². The molecule has 9 heteroatoms. The highest BCUT2D eigenvalue weighted by Crippen LogP contribution is 2.39. The van der Waals surface area contributed by atoms with Gasteiger partial charge in [-0.2, -0.15) is 0 Å². The molecule has 0 radical (unpaired) electrons. The average molecular weight is 503 g/mol. The lowest BCUT2D eigenvalue weighted by molar-refractivity contribution is 0.0310. The van der Waals surface area contributed by atoms with Crippen molar-refractivity contribution in [2.75, 3.05) is 13.7 Å². The van der Waals surface area contributed by atoms with E-state index in [1.807, 2.05) is 28.8 Å². The van der Waals surface area contributed by atoms with Gasteiger partial charge in [0.05, 0.1) is 20.3 Å². The largest absolute Gasteiger partial charge is 0.497 e. The van der Waals surface area contributed by atoms with Gasteiger partial charge in [-0.05, 0) is 49.7 Å². The van der Waals surface area contributed by atoms with Crippen molar-refractivity contribution in [3.63, 3.8) is 0 Å². The maximum Gasteiger partial charge on any atom is 0.359 e. The molecule has 0 amide bonds. The monoisotopic (exact) mass is 502 g/mol. The Morgan fingerprint density at radius 3 is 2.62 bits per heavy atom. The third-order valence-corrected chi connectivity index (χ3v) is 6.60. The summed E-state index contributed by atoms with van der Waals surface area (Å²) in [4.78, 5) is 18.5. The van der Waals surface area contributed by atoms with Crippen molar-refractivity contribution in [2.45, 2.75) is 55.9 Å². The first-order valence-electron chi connectivity index (χ1n) is 11.2. The Kier molecular flexibility index (Phi) is 7.90. The number of ether oxygens (including phenoxy) is 4. The molecule has 2 heterocycles. The number of fused-ring (bicyclic) bond motifs is 1. The summed E-state index contributed by atoms with van der Waals surface area (Å²) in [5, 5.41) is 1.27. The summed E-state index contributed by atoms with van der Waals surface area (Å²) in [7, 11) is 1.63. The number of hydrogen-bond donors (Lipinski definition) is 0. The van der Waals surface area contributed by atoms with Crippen LogP contribution in [0.5, 0.6) is 17.2 Å². The molecule has 1 aliphatic rings. The van der Waals surface area contributed by atoms with E-state index < -0.39 is 12.3 Å². The van der Waals surface area contributed by atoms with Crippen molar-refractivity contribution in [1.82, 2.24) is 9.55 Å². The van der Waals surface area contributed by atoms with Crippen LogP contribution in [0.15, 0.2) is 52.4 Å². The van der Waals surface area contributed by atoms with Crippen molar-refractivity contribution in [2.24, 2.45) is 0 Å². The molecule has 4 rings (SSSR count). The van der Waals surface area contributed by atoms with E-state index in [9.17, 15) is 4.79 Å². The van der Waals surface area contributed by atoms with E-state index in [2.05, 4.69) is 6.92 Å². The van der Waals surface area contributed by atoms with E-state index in [0.717, 1.165) is 35.7 Å². The molecule has 7 nitrogen and oxygen atoms in total. The number of methoxy groups -OCH3 is 1. The molecule has 0 spiro atoms. The molecule has 1 atom stereocenters. The van der Waals surface area contributed by atoms with Crippen molar-refractivity contribution < 1.29 is 23.7 Å². The fourth-order valence-corrected chi connectivity index (χ4v) is 4.76. The maximum absolute atomic E-state index is 12.8. The van der Waals surface area contributed by atoms with Crippen LogP contribution in [0.3, 0.4) is 0 Å². The highest BCUT2D eigenvalue weighted by molar-refractivity contribution is 7.99. The number of esters is 1. The molecule has 0 saturated heterocycles. The maximum atomic E-state index is 12.8. The molecular formula is C25H27ClN2O5S. The van der Waals surface area contributed by atoms with Crippen LogP contribution in [0.1, 0.15) is 43.0 Å². The van der Waals surface area contributed by atoms with Gasteiger partial charge in [0.1, 0.15) is 16.6 Å². The standard InChI is InChI=1S/C25H27ClN2O5S/c1-4-6-7-21-27-23(25(29)31-5-2)24(34-18-11-9-17(30-3)10-12-18)28(21)15-22-32-19-13-8-16(26)14-20(19)33-22/h8-14,22H,4-7,15H2,1-3H3. The number of hydrogen-bond acceptors (Lipinski definition) is 7. The molecule has 0 fully saturated rings. The van der Waals surface area contributed by atoms with Gasteiger partial charge in [-0.15, -0.1) is 0 Å². The summed E-state index contributed by atoms with van der Waals surface area (Å²) < 4.78 is 24.6. The Bertz CT molecular complexity index is 1150. The molecular weight excluding hydrogens is 476 g/mol. The Balaban J connectivity index is 1.69. The third-order valence-electron chi connectivity index (χ3n) is 5.25. The molecule has 0 bridgehead atoms. The molecule has 2 aromatic carbocycles. The van der Waals surface area contributed by atoms with Crippen molar-refractivity contribution in [1.29, 1.82) is 0 Å². The first-order valence-corrected chi connectivity index (χ1v) is 12.4. The first kappa shape index (κ1) is 24.3. The van der Waals surface area contributed by atoms with Gasteiger partial charge in [0, 0.05) is 22.4 Å². The lowest BCUT2D eigenvalue weighted by Gasteiger charge is -2.16. The number of carbonyl (C=O) groups excluding carboxylic acids is 1. The third kappa shape index (κ3) is 5.45. The van der Waals surface area contributed by atoms with Crippen LogP contribution >= 0.6 is 23.4 Å². The van der Waals surface area contributed by atoms with Crippen molar-refractivity contribution in [3.8, 4) is 17.2 Å². The minimum Gasteiger partial charge on any atom is -0.497 e. The van der Waals surface area contributed by atoms with Crippen LogP contribution in [0.25, 0.3) is 0 Å². The Morgan fingerprint density at radius 1 is 1.15 bits per heavy atom. The van der Waals surface area contributed by atoms with Gasteiger partial charge in [0.25, 0.3) is 6.29 Å². The Morgan fingerprint density at radius 2 is 1.91 bits per heavy atom. The zero-order chi connectivity index (χ0) is 24.1. The summed E-state index contributed by atoms with van der Waals surface area (Å²) >= 11 is 7.55. The lowest BCUT2D eigenvalue weighted by atomic mass is 10.2. The van der Waals surface area contributed by atoms with Crippen LogP contribution in [0.4, 0.5) is 0 Å². The van der Waals surface area contributed by atoms with Gasteiger partial charge in [-0.1, -0.05) is 36.7 Å². The highest BCUT2D eigenvalue weighted by atomic mass is 35.5. The summed E-state index contributed by atoms with van der Waals surface area (Å²) in [5.41, 5.74) is 0.298. The van der Waals surface area contributed by atoms with Crippen LogP contribution in [-0.2, 0) is 17.7 Å². The predicted molar refractivity (Wildman–Crippen MR) is 130 cm³/mol. The molecule has 1 aromatic heterocycles. The van der Waals surface area contributed by atoms with Gasteiger partial charge in [-0.3, -0.25) is 0 Å². The quantitative estimate of drug-likeness (QED) is 0.314. The molecule has 0 saturated carbocycles. The summed E-state index contributed by atoms with van der Waals surface area (Å²) in [6.45, 7) is 4.53. The smallest absolute Gasteiger partial charge is 0.359 e. The number of carbonyl (C=O) groups is 1. The Hall–Kier alpha value is -2.84. The minimum atomic E-state index is -0.576. The number of benzene rings is 2. The first-order chi connectivity index (χ1) is 16.5. The number of rotatable bonds is 10. The second kappa shape index (κ2) is 11.1. The van der Waals surface area contributed by atoms with E-state index in [0.29, 0.717) is 33.8 Å². The van der Waals surface area contributed by atoms with Gasteiger partial charge in [0.15, 0.2) is 17.2 Å². The summed E-state index contributed by atoms with van der Waals surface area (Å²) in [6, 6.07) is 13.0. The second-order valence-corrected chi connectivity index (χ2v) is 9.15. The molecule has 0 N–H and O–H groups in total.